The third kappa shape index (κ3) is 5.59. The number of anilines is 1. The van der Waals surface area contributed by atoms with Gasteiger partial charge in [0.2, 0.25) is 20.0 Å². The number of aliphatic hydroxyl groups is 1. The second-order valence-corrected chi connectivity index (χ2v) is 8.81. The largest absolute Gasteiger partial charge is 0.390 e. The van der Waals surface area contributed by atoms with E-state index in [1.165, 1.54) is 28.6 Å². The van der Waals surface area contributed by atoms with Gasteiger partial charge in [-0.25, -0.2) is 16.8 Å². The number of hydrogen-bond acceptors (Lipinski definition) is 6. The molecule has 1 aliphatic rings. The highest BCUT2D eigenvalue weighted by atomic mass is 35.5. The van der Waals surface area contributed by atoms with Crippen LogP contribution in [0.5, 0.6) is 0 Å². The average Bonchev–Trinajstić information content (AvgIpc) is 2.62. The van der Waals surface area contributed by atoms with Crippen molar-refractivity contribution in [1.82, 2.24) is 9.62 Å². The molecule has 0 spiro atoms. The minimum atomic E-state index is -3.72. The molecular formula is C12H20ClN3O5S2. The summed E-state index contributed by atoms with van der Waals surface area (Å²) in [6, 6.07) is 5.46. The van der Waals surface area contributed by atoms with E-state index in [0.29, 0.717) is 18.8 Å². The molecule has 3 N–H and O–H groups in total. The van der Waals surface area contributed by atoms with Gasteiger partial charge in [0.25, 0.3) is 0 Å². The third-order valence-electron chi connectivity index (χ3n) is 3.13. The van der Waals surface area contributed by atoms with E-state index in [1.54, 1.807) is 0 Å². The molecule has 1 saturated heterocycles. The average molecular weight is 386 g/mol. The fourth-order valence-corrected chi connectivity index (χ4v) is 4.18. The van der Waals surface area contributed by atoms with Crippen molar-refractivity contribution in [3.8, 4) is 0 Å². The van der Waals surface area contributed by atoms with Gasteiger partial charge in [0.1, 0.15) is 0 Å². The molecule has 1 aliphatic heterocycles. The summed E-state index contributed by atoms with van der Waals surface area (Å²) in [5, 5.41) is 12.6. The van der Waals surface area contributed by atoms with E-state index in [1.807, 2.05) is 0 Å². The zero-order valence-corrected chi connectivity index (χ0v) is 14.9. The number of aliphatic hydroxyl groups excluding tert-OH is 1. The summed E-state index contributed by atoms with van der Waals surface area (Å²) in [7, 11) is -7.13. The van der Waals surface area contributed by atoms with Crippen LogP contribution >= 0.6 is 12.4 Å². The summed E-state index contributed by atoms with van der Waals surface area (Å²) in [6.45, 7) is 1.11. The Balaban J connectivity index is 0.00000264. The van der Waals surface area contributed by atoms with E-state index in [-0.39, 0.29) is 30.4 Å². The van der Waals surface area contributed by atoms with E-state index in [0.717, 1.165) is 6.26 Å². The molecule has 1 heterocycles. The maximum atomic E-state index is 12.5. The maximum absolute atomic E-state index is 12.5. The smallest absolute Gasteiger partial charge is 0.243 e. The monoisotopic (exact) mass is 385 g/mol. The molecule has 0 bridgehead atoms. The lowest BCUT2D eigenvalue weighted by molar-refractivity contribution is 0.159. The highest BCUT2D eigenvalue weighted by Crippen LogP contribution is 2.19. The summed E-state index contributed by atoms with van der Waals surface area (Å²) in [6.07, 6.45) is 0.256. The third-order valence-corrected chi connectivity index (χ3v) is 5.61. The van der Waals surface area contributed by atoms with Crippen LogP contribution in [0.1, 0.15) is 0 Å². The standard InChI is InChI=1S/C12H19N3O5S2.ClH/c1-21(17,18)14-10-2-4-12(5-3-10)22(19,20)15-7-6-13-8-11(16)9-15;/h2-5,11,13-14,16H,6-9H2,1H3;1H. The van der Waals surface area contributed by atoms with Crippen LogP contribution < -0.4 is 10.0 Å². The molecular weight excluding hydrogens is 366 g/mol. The zero-order valence-electron chi connectivity index (χ0n) is 12.5. The molecule has 0 aliphatic carbocycles. The first kappa shape index (κ1) is 20.1. The number of sulfonamides is 2. The molecule has 1 aromatic carbocycles. The molecule has 23 heavy (non-hydrogen) atoms. The van der Waals surface area contributed by atoms with Crippen LogP contribution in [0.15, 0.2) is 29.2 Å². The molecule has 8 nitrogen and oxygen atoms in total. The molecule has 1 atom stereocenters. The lowest BCUT2D eigenvalue weighted by Gasteiger charge is -2.21. The molecule has 0 amide bonds. The van der Waals surface area contributed by atoms with Gasteiger partial charge in [-0.3, -0.25) is 4.72 Å². The van der Waals surface area contributed by atoms with Crippen LogP contribution in [0, 0.1) is 0 Å². The normalized spacial score (nSPS) is 20.3. The molecule has 0 aromatic heterocycles. The molecule has 132 valence electrons. The number of β-amino-alcohol motifs (C(OH)–C–C–N with tert-alkyl or cyclic N) is 1. The summed E-state index contributed by atoms with van der Waals surface area (Å²) >= 11 is 0. The Hall–Kier alpha value is -0.910. The number of rotatable bonds is 4. The number of nitrogens with zero attached hydrogens (tertiary/aromatic N) is 1. The molecule has 0 radical (unpaired) electrons. The van der Waals surface area contributed by atoms with E-state index in [9.17, 15) is 21.9 Å². The summed E-state index contributed by atoms with van der Waals surface area (Å²) in [4.78, 5) is 0.0562. The van der Waals surface area contributed by atoms with Crippen molar-refractivity contribution in [2.75, 3.05) is 37.2 Å². The Morgan fingerprint density at radius 2 is 1.83 bits per heavy atom. The van der Waals surface area contributed by atoms with E-state index in [2.05, 4.69) is 10.0 Å². The van der Waals surface area contributed by atoms with Gasteiger partial charge in [-0.05, 0) is 24.3 Å². The second-order valence-electron chi connectivity index (χ2n) is 5.12. The van der Waals surface area contributed by atoms with Gasteiger partial charge in [0, 0.05) is 31.9 Å². The van der Waals surface area contributed by atoms with Gasteiger partial charge < -0.3 is 10.4 Å². The summed E-state index contributed by atoms with van der Waals surface area (Å²) in [5.74, 6) is 0. The predicted octanol–water partition coefficient (Wildman–Crippen LogP) is -0.565. The van der Waals surface area contributed by atoms with Gasteiger partial charge in [0.15, 0.2) is 0 Å². The number of benzene rings is 1. The number of halogens is 1. The topological polar surface area (TPSA) is 116 Å². The van der Waals surface area contributed by atoms with Gasteiger partial charge in [0.05, 0.1) is 17.3 Å². The van der Waals surface area contributed by atoms with Crippen LogP contribution in [-0.2, 0) is 20.0 Å². The quantitative estimate of drug-likeness (QED) is 0.639. The fraction of sp³-hybridized carbons (Fsp3) is 0.500. The van der Waals surface area contributed by atoms with E-state index < -0.39 is 26.2 Å². The SMILES string of the molecule is CS(=O)(=O)Nc1ccc(S(=O)(=O)N2CCNCC(O)C2)cc1.Cl. The van der Waals surface area contributed by atoms with Crippen LogP contribution in [0.3, 0.4) is 0 Å². The van der Waals surface area contributed by atoms with Crippen LogP contribution in [0.2, 0.25) is 0 Å². The summed E-state index contributed by atoms with van der Waals surface area (Å²) in [5.41, 5.74) is 0.291. The molecule has 1 unspecified atom stereocenters. The Labute approximate surface area is 142 Å². The van der Waals surface area contributed by atoms with Crippen molar-refractivity contribution >= 4 is 38.1 Å². The van der Waals surface area contributed by atoms with Crippen LogP contribution in [0.25, 0.3) is 0 Å². The number of hydrogen-bond donors (Lipinski definition) is 3. The first-order valence-corrected chi connectivity index (χ1v) is 9.98. The second kappa shape index (κ2) is 7.77. The summed E-state index contributed by atoms with van der Waals surface area (Å²) < 4.78 is 50.8. The maximum Gasteiger partial charge on any atom is 0.243 e. The van der Waals surface area contributed by atoms with Gasteiger partial charge in [-0.1, -0.05) is 0 Å². The van der Waals surface area contributed by atoms with Gasteiger partial charge in [-0.15, -0.1) is 12.4 Å². The Morgan fingerprint density at radius 3 is 2.39 bits per heavy atom. The minimum Gasteiger partial charge on any atom is -0.390 e. The van der Waals surface area contributed by atoms with Crippen LogP contribution in [0.4, 0.5) is 5.69 Å². The fourth-order valence-electron chi connectivity index (χ4n) is 2.14. The molecule has 2 rings (SSSR count). The highest BCUT2D eigenvalue weighted by Gasteiger charge is 2.28. The predicted molar refractivity (Wildman–Crippen MR) is 89.8 cm³/mol. The Morgan fingerprint density at radius 1 is 1.22 bits per heavy atom. The van der Waals surface area contributed by atoms with Crippen molar-refractivity contribution in [2.45, 2.75) is 11.0 Å². The molecule has 1 aromatic rings. The number of nitrogens with one attached hydrogen (secondary N) is 2. The van der Waals surface area contributed by atoms with Crippen molar-refractivity contribution in [1.29, 1.82) is 0 Å². The highest BCUT2D eigenvalue weighted by molar-refractivity contribution is 7.92. The van der Waals surface area contributed by atoms with Crippen molar-refractivity contribution in [3.63, 3.8) is 0 Å². The Bertz CT molecular complexity index is 722. The first-order valence-electron chi connectivity index (χ1n) is 6.65. The molecule has 1 fully saturated rings. The van der Waals surface area contributed by atoms with Crippen LogP contribution in [-0.4, -0.2) is 64.8 Å². The van der Waals surface area contributed by atoms with Crippen molar-refractivity contribution in [3.05, 3.63) is 24.3 Å². The molecule has 0 saturated carbocycles. The Kier molecular flexibility index (Phi) is 6.81. The van der Waals surface area contributed by atoms with E-state index >= 15 is 0 Å². The minimum absolute atomic E-state index is 0. The molecule has 11 heteroatoms. The van der Waals surface area contributed by atoms with Crippen molar-refractivity contribution < 1.29 is 21.9 Å². The van der Waals surface area contributed by atoms with E-state index in [4.69, 9.17) is 0 Å². The lowest BCUT2D eigenvalue weighted by atomic mass is 10.3. The lowest BCUT2D eigenvalue weighted by Crippen LogP contribution is -2.37. The van der Waals surface area contributed by atoms with Gasteiger partial charge >= 0.3 is 0 Å². The zero-order chi connectivity index (χ0) is 16.4. The van der Waals surface area contributed by atoms with Crippen molar-refractivity contribution in [2.24, 2.45) is 0 Å². The van der Waals surface area contributed by atoms with Gasteiger partial charge in [-0.2, -0.15) is 4.31 Å². The first-order chi connectivity index (χ1) is 10.2.